The number of pyridine rings is 1. The van der Waals surface area contributed by atoms with E-state index in [4.69, 9.17) is 10.5 Å². The van der Waals surface area contributed by atoms with Gasteiger partial charge in [-0.1, -0.05) is 25.3 Å². The summed E-state index contributed by atoms with van der Waals surface area (Å²) in [5.74, 6) is 0. The zero-order chi connectivity index (χ0) is 12.1. The summed E-state index contributed by atoms with van der Waals surface area (Å²) in [5, 5.41) is 0. The summed E-state index contributed by atoms with van der Waals surface area (Å²) in [4.78, 5) is 4.36. The molecule has 1 heterocycles. The van der Waals surface area contributed by atoms with E-state index >= 15 is 0 Å². The van der Waals surface area contributed by atoms with E-state index in [1.165, 1.54) is 19.3 Å². The smallest absolute Gasteiger partial charge is 0.115 e. The molecule has 2 rings (SSSR count). The van der Waals surface area contributed by atoms with Gasteiger partial charge in [0.2, 0.25) is 0 Å². The molecule has 0 saturated heterocycles. The molecule has 3 heteroatoms. The molecule has 2 unspecified atom stereocenters. The van der Waals surface area contributed by atoms with Crippen LogP contribution in [-0.4, -0.2) is 17.1 Å². The van der Waals surface area contributed by atoms with Crippen molar-refractivity contribution in [3.8, 4) is 0 Å². The van der Waals surface area contributed by atoms with Gasteiger partial charge < -0.3 is 10.5 Å². The Labute approximate surface area is 103 Å². The Balaban J connectivity index is 2.02. The Bertz CT molecular complexity index is 320. The monoisotopic (exact) mass is 234 g/mol. The van der Waals surface area contributed by atoms with Crippen LogP contribution in [0.5, 0.6) is 0 Å². The first-order valence-corrected chi connectivity index (χ1v) is 6.59. The lowest BCUT2D eigenvalue weighted by atomic mass is 9.97. The average Bonchev–Trinajstić information content (AvgIpc) is 2.38. The first kappa shape index (κ1) is 12.5. The van der Waals surface area contributed by atoms with Gasteiger partial charge in [0, 0.05) is 12.2 Å². The van der Waals surface area contributed by atoms with E-state index < -0.39 is 0 Å². The lowest BCUT2D eigenvalue weighted by Crippen LogP contribution is -2.31. The number of aromatic nitrogens is 1. The van der Waals surface area contributed by atoms with E-state index in [2.05, 4.69) is 4.98 Å². The molecule has 1 aliphatic rings. The standard InChI is InChI=1S/C14H22N2O/c1-11(15)14(13-9-5-6-10-16-13)17-12-7-3-2-4-8-12/h5-6,9-12,14H,2-4,7-8,15H2,1H3. The van der Waals surface area contributed by atoms with Gasteiger partial charge in [-0.15, -0.1) is 0 Å². The summed E-state index contributed by atoms with van der Waals surface area (Å²) >= 11 is 0. The van der Waals surface area contributed by atoms with Gasteiger partial charge in [-0.2, -0.15) is 0 Å². The maximum absolute atomic E-state index is 6.15. The van der Waals surface area contributed by atoms with Crippen LogP contribution in [-0.2, 0) is 4.74 Å². The van der Waals surface area contributed by atoms with Crippen molar-refractivity contribution in [1.29, 1.82) is 0 Å². The molecule has 0 spiro atoms. The van der Waals surface area contributed by atoms with E-state index in [0.717, 1.165) is 18.5 Å². The Morgan fingerprint density at radius 2 is 2.06 bits per heavy atom. The van der Waals surface area contributed by atoms with E-state index in [1.54, 1.807) is 6.20 Å². The Hall–Kier alpha value is -0.930. The molecule has 0 bridgehead atoms. The zero-order valence-electron chi connectivity index (χ0n) is 10.5. The highest BCUT2D eigenvalue weighted by atomic mass is 16.5. The molecule has 3 nitrogen and oxygen atoms in total. The predicted octanol–water partition coefficient (Wildman–Crippen LogP) is 2.82. The molecule has 1 aliphatic carbocycles. The lowest BCUT2D eigenvalue weighted by molar-refractivity contribution is -0.0426. The summed E-state index contributed by atoms with van der Waals surface area (Å²) in [6.45, 7) is 1.99. The maximum Gasteiger partial charge on any atom is 0.115 e. The van der Waals surface area contributed by atoms with Gasteiger partial charge >= 0.3 is 0 Å². The highest BCUT2D eigenvalue weighted by molar-refractivity contribution is 5.08. The predicted molar refractivity (Wildman–Crippen MR) is 68.6 cm³/mol. The average molecular weight is 234 g/mol. The molecular formula is C14H22N2O. The van der Waals surface area contributed by atoms with Crippen LogP contribution < -0.4 is 5.73 Å². The van der Waals surface area contributed by atoms with Gasteiger partial charge in [-0.05, 0) is 31.9 Å². The second-order valence-electron chi connectivity index (χ2n) is 4.93. The highest BCUT2D eigenvalue weighted by Gasteiger charge is 2.23. The number of hydrogen-bond acceptors (Lipinski definition) is 3. The van der Waals surface area contributed by atoms with Crippen molar-refractivity contribution in [2.24, 2.45) is 5.73 Å². The van der Waals surface area contributed by atoms with Gasteiger partial charge in [0.25, 0.3) is 0 Å². The number of ether oxygens (including phenoxy) is 1. The van der Waals surface area contributed by atoms with Crippen LogP contribution >= 0.6 is 0 Å². The third kappa shape index (κ3) is 3.51. The van der Waals surface area contributed by atoms with Crippen molar-refractivity contribution in [3.05, 3.63) is 30.1 Å². The van der Waals surface area contributed by atoms with Crippen LogP contribution in [0.1, 0.15) is 50.8 Å². The maximum atomic E-state index is 6.15. The van der Waals surface area contributed by atoms with E-state index in [0.29, 0.717) is 6.10 Å². The second-order valence-corrected chi connectivity index (χ2v) is 4.93. The van der Waals surface area contributed by atoms with Crippen molar-refractivity contribution >= 4 is 0 Å². The molecule has 94 valence electrons. The molecular weight excluding hydrogens is 212 g/mol. The third-order valence-corrected chi connectivity index (χ3v) is 3.35. The fraction of sp³-hybridized carbons (Fsp3) is 0.643. The van der Waals surface area contributed by atoms with Crippen molar-refractivity contribution in [1.82, 2.24) is 4.98 Å². The van der Waals surface area contributed by atoms with Crippen LogP contribution in [0.15, 0.2) is 24.4 Å². The number of hydrogen-bond donors (Lipinski definition) is 1. The van der Waals surface area contributed by atoms with Gasteiger partial charge in [-0.25, -0.2) is 0 Å². The molecule has 2 N–H and O–H groups in total. The number of rotatable bonds is 4. The van der Waals surface area contributed by atoms with Crippen LogP contribution in [0.4, 0.5) is 0 Å². The van der Waals surface area contributed by atoms with E-state index in [9.17, 15) is 0 Å². The summed E-state index contributed by atoms with van der Waals surface area (Å²) in [6.07, 6.45) is 8.31. The van der Waals surface area contributed by atoms with E-state index in [-0.39, 0.29) is 12.1 Å². The lowest BCUT2D eigenvalue weighted by Gasteiger charge is -2.29. The summed E-state index contributed by atoms with van der Waals surface area (Å²) in [7, 11) is 0. The molecule has 1 aromatic heterocycles. The molecule has 1 fully saturated rings. The van der Waals surface area contributed by atoms with Gasteiger partial charge in [-0.3, -0.25) is 4.98 Å². The topological polar surface area (TPSA) is 48.1 Å². The quantitative estimate of drug-likeness (QED) is 0.871. The van der Waals surface area contributed by atoms with E-state index in [1.807, 2.05) is 25.1 Å². The minimum atomic E-state index is -0.0701. The first-order chi connectivity index (χ1) is 8.27. The minimum absolute atomic E-state index is 0.0215. The molecule has 17 heavy (non-hydrogen) atoms. The van der Waals surface area contributed by atoms with Gasteiger partial charge in [0.15, 0.2) is 0 Å². The molecule has 0 amide bonds. The molecule has 1 saturated carbocycles. The molecule has 0 radical (unpaired) electrons. The zero-order valence-corrected chi connectivity index (χ0v) is 10.5. The normalized spacial score (nSPS) is 21.1. The molecule has 1 aromatic rings. The van der Waals surface area contributed by atoms with Crippen molar-refractivity contribution in [2.45, 2.75) is 57.3 Å². The molecule has 0 aromatic carbocycles. The summed E-state index contributed by atoms with van der Waals surface area (Å²) < 4.78 is 6.15. The van der Waals surface area contributed by atoms with Crippen LogP contribution in [0.3, 0.4) is 0 Å². The van der Waals surface area contributed by atoms with Crippen LogP contribution in [0.2, 0.25) is 0 Å². The Morgan fingerprint density at radius 3 is 2.65 bits per heavy atom. The number of nitrogens with zero attached hydrogens (tertiary/aromatic N) is 1. The van der Waals surface area contributed by atoms with Crippen molar-refractivity contribution in [2.75, 3.05) is 0 Å². The highest BCUT2D eigenvalue weighted by Crippen LogP contribution is 2.27. The second kappa shape index (κ2) is 6.12. The summed E-state index contributed by atoms with van der Waals surface area (Å²) in [6, 6.07) is 5.88. The Kier molecular flexibility index (Phi) is 4.51. The van der Waals surface area contributed by atoms with Gasteiger partial charge in [0.1, 0.15) is 6.10 Å². The first-order valence-electron chi connectivity index (χ1n) is 6.59. The summed E-state index contributed by atoms with van der Waals surface area (Å²) in [5.41, 5.74) is 6.97. The third-order valence-electron chi connectivity index (χ3n) is 3.35. The fourth-order valence-corrected chi connectivity index (χ4v) is 2.42. The van der Waals surface area contributed by atoms with Gasteiger partial charge in [0.05, 0.1) is 11.8 Å². The largest absolute Gasteiger partial charge is 0.367 e. The van der Waals surface area contributed by atoms with Crippen molar-refractivity contribution < 1.29 is 4.74 Å². The van der Waals surface area contributed by atoms with Crippen LogP contribution in [0, 0.1) is 0 Å². The fourth-order valence-electron chi connectivity index (χ4n) is 2.42. The molecule has 2 atom stereocenters. The SMILES string of the molecule is CC(N)C(OC1CCCCC1)c1ccccn1. The minimum Gasteiger partial charge on any atom is -0.367 e. The number of nitrogens with two attached hydrogens (primary N) is 1. The van der Waals surface area contributed by atoms with Crippen molar-refractivity contribution in [3.63, 3.8) is 0 Å². The Morgan fingerprint density at radius 1 is 1.29 bits per heavy atom. The molecule has 0 aliphatic heterocycles. The van der Waals surface area contributed by atoms with Crippen LogP contribution in [0.25, 0.3) is 0 Å².